The molecular weight excluding hydrogens is 374 g/mol. The molecule has 0 saturated carbocycles. The number of nitrogens with zero attached hydrogens (tertiary/aromatic N) is 3. The fourth-order valence-electron chi connectivity index (χ4n) is 3.49. The summed E-state index contributed by atoms with van der Waals surface area (Å²) in [6, 6.07) is 5.08. The van der Waals surface area contributed by atoms with E-state index in [9.17, 15) is 0 Å². The van der Waals surface area contributed by atoms with Crippen molar-refractivity contribution in [2.24, 2.45) is 7.05 Å². The third kappa shape index (κ3) is 2.97. The van der Waals surface area contributed by atoms with Crippen molar-refractivity contribution >= 4 is 22.7 Å². The van der Waals surface area contributed by atoms with E-state index in [1.165, 1.54) is 30.6 Å². The molecule has 4 aromatic heterocycles. The van der Waals surface area contributed by atoms with Crippen molar-refractivity contribution in [3.8, 4) is 28.5 Å². The predicted molar refractivity (Wildman–Crippen MR) is 111 cm³/mol. The van der Waals surface area contributed by atoms with E-state index < -0.39 is 0 Å². The van der Waals surface area contributed by atoms with Crippen molar-refractivity contribution in [1.82, 2.24) is 9.55 Å². The summed E-state index contributed by atoms with van der Waals surface area (Å²) in [5, 5.41) is 0. The fourth-order valence-corrected chi connectivity index (χ4v) is 5.34. The van der Waals surface area contributed by atoms with Gasteiger partial charge in [-0.05, 0) is 64.8 Å². The van der Waals surface area contributed by atoms with Crippen molar-refractivity contribution in [2.45, 2.75) is 41.5 Å². The molecule has 0 bridgehead atoms. The lowest BCUT2D eigenvalue weighted by Crippen LogP contribution is -2.28. The maximum Gasteiger partial charge on any atom is 0.315 e. The van der Waals surface area contributed by atoms with Gasteiger partial charge in [-0.25, -0.2) is 4.98 Å². The smallest absolute Gasteiger partial charge is 0.315 e. The number of hydrogen-bond donors (Lipinski definition) is 0. The molecule has 4 nitrogen and oxygen atoms in total. The van der Waals surface area contributed by atoms with Gasteiger partial charge in [0.15, 0.2) is 0 Å². The lowest BCUT2D eigenvalue weighted by Gasteiger charge is -2.10. The van der Waals surface area contributed by atoms with E-state index in [0.29, 0.717) is 6.01 Å². The molecule has 0 aliphatic rings. The Hall–Kier alpha value is -2.18. The van der Waals surface area contributed by atoms with E-state index in [2.05, 4.69) is 55.7 Å². The van der Waals surface area contributed by atoms with Gasteiger partial charge in [0.1, 0.15) is 5.76 Å². The minimum atomic E-state index is 0.565. The molecule has 27 heavy (non-hydrogen) atoms. The Morgan fingerprint density at radius 2 is 1.56 bits per heavy atom. The van der Waals surface area contributed by atoms with Gasteiger partial charge in [0, 0.05) is 19.5 Å². The van der Waals surface area contributed by atoms with Crippen LogP contribution in [0.4, 0.5) is 0 Å². The second-order valence-corrected chi connectivity index (χ2v) is 9.90. The zero-order valence-electron chi connectivity index (χ0n) is 16.7. The topological polar surface area (TPSA) is 34.8 Å². The van der Waals surface area contributed by atoms with E-state index >= 15 is 0 Å². The van der Waals surface area contributed by atoms with Gasteiger partial charge in [0.2, 0.25) is 6.33 Å². The maximum absolute atomic E-state index is 5.96. The first-order valence-corrected chi connectivity index (χ1v) is 10.5. The van der Waals surface area contributed by atoms with E-state index in [4.69, 9.17) is 4.42 Å². The van der Waals surface area contributed by atoms with Crippen molar-refractivity contribution in [2.75, 3.05) is 0 Å². The second-order valence-electron chi connectivity index (χ2n) is 6.98. The van der Waals surface area contributed by atoms with Crippen molar-refractivity contribution < 1.29 is 8.98 Å². The van der Waals surface area contributed by atoms with Crippen molar-refractivity contribution in [1.29, 1.82) is 0 Å². The molecule has 4 aromatic rings. The Balaban J connectivity index is 2.08. The first kappa shape index (κ1) is 18.2. The Labute approximate surface area is 167 Å². The minimum absolute atomic E-state index is 0.565. The molecule has 4 rings (SSSR count). The molecule has 0 N–H and O–H groups in total. The van der Waals surface area contributed by atoms with Crippen LogP contribution < -0.4 is 4.57 Å². The Kier molecular flexibility index (Phi) is 4.35. The van der Waals surface area contributed by atoms with Gasteiger partial charge in [0.25, 0.3) is 0 Å². The number of oxazole rings is 1. The van der Waals surface area contributed by atoms with Crippen LogP contribution >= 0.6 is 22.7 Å². The molecule has 0 fully saturated rings. The average molecular weight is 398 g/mol. The van der Waals surface area contributed by atoms with E-state index in [1.54, 1.807) is 0 Å². The van der Waals surface area contributed by atoms with Crippen LogP contribution in [0, 0.1) is 47.9 Å². The van der Waals surface area contributed by atoms with Crippen LogP contribution in [-0.4, -0.2) is 9.55 Å². The molecule has 0 saturated heterocycles. The van der Waals surface area contributed by atoms with Crippen LogP contribution in [0.2, 0.25) is 0 Å². The molecule has 0 unspecified atom stereocenters. The Bertz CT molecular complexity index is 1140. The number of hydrogen-bond acceptors (Lipinski definition) is 4. The molecule has 0 radical (unpaired) electrons. The lowest BCUT2D eigenvalue weighted by atomic mass is 10.1. The van der Waals surface area contributed by atoms with Gasteiger partial charge in [-0.15, -0.1) is 22.7 Å². The van der Waals surface area contributed by atoms with Crippen LogP contribution in [0.5, 0.6) is 0 Å². The van der Waals surface area contributed by atoms with Gasteiger partial charge in [-0.1, -0.05) is 0 Å². The highest BCUT2D eigenvalue weighted by molar-refractivity contribution is 7.12. The summed E-state index contributed by atoms with van der Waals surface area (Å²) < 4.78 is 9.99. The highest BCUT2D eigenvalue weighted by atomic mass is 32.1. The van der Waals surface area contributed by atoms with Crippen LogP contribution in [0.1, 0.15) is 31.0 Å². The largest absolute Gasteiger partial charge is 0.455 e. The molecule has 0 spiro atoms. The maximum atomic E-state index is 5.96. The molecule has 0 atom stereocenters. The molecule has 0 aliphatic heterocycles. The number of imidazole rings is 1. The summed E-state index contributed by atoms with van der Waals surface area (Å²) in [6.45, 7) is 12.6. The van der Waals surface area contributed by atoms with E-state index in [-0.39, 0.29) is 0 Å². The van der Waals surface area contributed by atoms with Gasteiger partial charge >= 0.3 is 6.01 Å². The number of rotatable bonds is 3. The van der Waals surface area contributed by atoms with Crippen LogP contribution in [0.15, 0.2) is 16.5 Å². The van der Waals surface area contributed by atoms with Crippen LogP contribution in [0.25, 0.3) is 28.5 Å². The predicted octanol–water partition coefficient (Wildman–Crippen LogP) is 5.40. The fraction of sp³-hybridized carbons (Fsp3) is 0.333. The first-order chi connectivity index (χ1) is 12.8. The highest BCUT2D eigenvalue weighted by Gasteiger charge is 2.24. The third-order valence-corrected chi connectivity index (χ3v) is 6.77. The molecule has 6 heteroatoms. The third-order valence-electron chi connectivity index (χ3n) is 4.83. The standard InChI is InChI=1S/C21H23N3OS2/c1-11-8-17(15(5)26-11)19-20(18-9-12(2)27-16(18)6)24(10-23(19)7)21-22-13(3)14(4)25-21/h8-9H,1-7H3. The molecule has 0 amide bonds. The van der Waals surface area contributed by atoms with Gasteiger partial charge in [0.05, 0.1) is 24.1 Å². The number of aromatic nitrogens is 3. The summed E-state index contributed by atoms with van der Waals surface area (Å²) in [7, 11) is 2.04. The second kappa shape index (κ2) is 6.46. The van der Waals surface area contributed by atoms with Crippen molar-refractivity contribution in [3.63, 3.8) is 0 Å². The zero-order chi connectivity index (χ0) is 19.5. The van der Waals surface area contributed by atoms with Gasteiger partial charge in [-0.2, -0.15) is 0 Å². The van der Waals surface area contributed by atoms with Crippen molar-refractivity contribution in [3.05, 3.63) is 49.4 Å². The summed E-state index contributed by atoms with van der Waals surface area (Å²) in [4.78, 5) is 9.83. The summed E-state index contributed by atoms with van der Waals surface area (Å²) in [5.41, 5.74) is 5.59. The van der Waals surface area contributed by atoms with E-state index in [1.807, 2.05) is 48.1 Å². The molecule has 0 aliphatic carbocycles. The minimum Gasteiger partial charge on any atom is -0.455 e. The molecular formula is C21H23N3OS2. The summed E-state index contributed by atoms with van der Waals surface area (Å²) in [6.07, 6.45) is 3.43. The van der Waals surface area contributed by atoms with Gasteiger partial charge < -0.3 is 8.98 Å². The summed E-state index contributed by atoms with van der Waals surface area (Å²) in [5.74, 6) is 0.836. The zero-order valence-corrected chi connectivity index (χ0v) is 18.4. The quantitative estimate of drug-likeness (QED) is 0.343. The lowest BCUT2D eigenvalue weighted by molar-refractivity contribution is -0.664. The number of thiophene rings is 2. The van der Waals surface area contributed by atoms with E-state index in [0.717, 1.165) is 22.8 Å². The Morgan fingerprint density at radius 1 is 0.963 bits per heavy atom. The molecule has 0 aromatic carbocycles. The van der Waals surface area contributed by atoms with Crippen LogP contribution in [-0.2, 0) is 7.05 Å². The normalized spacial score (nSPS) is 11.5. The number of aryl methyl sites for hydroxylation is 7. The first-order valence-electron chi connectivity index (χ1n) is 8.89. The molecule has 4 heterocycles. The summed E-state index contributed by atoms with van der Waals surface area (Å²) >= 11 is 3.64. The Morgan fingerprint density at radius 3 is 2.04 bits per heavy atom. The highest BCUT2D eigenvalue weighted by Crippen LogP contribution is 2.40. The SMILES string of the molecule is Cc1cc(-c2c(-c3cc(C)sc3C)[n+](C)[c-]n2-c2nc(C)c(C)o2)c(C)s1. The van der Waals surface area contributed by atoms with Gasteiger partial charge in [-0.3, -0.25) is 4.57 Å². The monoisotopic (exact) mass is 397 g/mol. The molecule has 140 valence electrons. The van der Waals surface area contributed by atoms with Crippen LogP contribution in [0.3, 0.4) is 0 Å². The average Bonchev–Trinajstić information content (AvgIpc) is 3.28.